The average Bonchev–Trinajstić information content (AvgIpc) is 3.26. The molecule has 1 fully saturated rings. The van der Waals surface area contributed by atoms with Crippen molar-refractivity contribution in [1.29, 1.82) is 5.26 Å². The second kappa shape index (κ2) is 11.7. The maximum absolute atomic E-state index is 13.6. The number of nitriles is 1. The molecule has 204 valence electrons. The molecule has 2 aromatic carbocycles. The molecule has 1 unspecified atom stereocenters. The summed E-state index contributed by atoms with van der Waals surface area (Å²) in [6, 6.07) is 16.0. The summed E-state index contributed by atoms with van der Waals surface area (Å²) in [5, 5.41) is 13.3. The second-order valence-corrected chi connectivity index (χ2v) is 9.67. The highest BCUT2D eigenvalue weighted by atomic mass is 19.4. The Morgan fingerprint density at radius 3 is 2.56 bits per heavy atom. The predicted octanol–water partition coefficient (Wildman–Crippen LogP) is 5.26. The van der Waals surface area contributed by atoms with Crippen molar-refractivity contribution in [2.75, 3.05) is 24.4 Å². The van der Waals surface area contributed by atoms with E-state index in [1.807, 2.05) is 6.07 Å². The third-order valence-corrected chi connectivity index (χ3v) is 6.99. The van der Waals surface area contributed by atoms with E-state index in [4.69, 9.17) is 15.7 Å². The van der Waals surface area contributed by atoms with E-state index in [2.05, 4.69) is 23.2 Å². The summed E-state index contributed by atoms with van der Waals surface area (Å²) in [7, 11) is 3.15. The lowest BCUT2D eigenvalue weighted by molar-refractivity contribution is -0.140. The van der Waals surface area contributed by atoms with E-state index >= 15 is 0 Å². The van der Waals surface area contributed by atoms with Gasteiger partial charge in [0.25, 0.3) is 0 Å². The first-order chi connectivity index (χ1) is 18.6. The molecule has 3 N–H and O–H groups in total. The summed E-state index contributed by atoms with van der Waals surface area (Å²) >= 11 is 0. The highest BCUT2D eigenvalue weighted by Gasteiger charge is 2.30. The van der Waals surface area contributed by atoms with Gasteiger partial charge in [-0.05, 0) is 73.9 Å². The Bertz CT molecular complexity index is 1440. The molecule has 10 heteroatoms. The van der Waals surface area contributed by atoms with Crippen molar-refractivity contribution in [1.82, 2.24) is 4.57 Å². The average molecular weight is 538 g/mol. The van der Waals surface area contributed by atoms with Gasteiger partial charge in [0.05, 0.1) is 17.3 Å². The Kier molecular flexibility index (Phi) is 8.37. The molecule has 1 heterocycles. The number of amides is 1. The van der Waals surface area contributed by atoms with Gasteiger partial charge in [-0.1, -0.05) is 12.1 Å². The number of rotatable bonds is 7. The lowest BCUT2D eigenvalue weighted by Crippen LogP contribution is -2.32. The molecule has 7 nitrogen and oxygen atoms in total. The van der Waals surface area contributed by atoms with Crippen LogP contribution in [-0.4, -0.2) is 43.1 Å². The van der Waals surface area contributed by atoms with E-state index in [9.17, 15) is 18.0 Å². The number of benzene rings is 2. The van der Waals surface area contributed by atoms with Gasteiger partial charge in [0.15, 0.2) is 6.23 Å². The van der Waals surface area contributed by atoms with Crippen molar-refractivity contribution < 1.29 is 22.7 Å². The summed E-state index contributed by atoms with van der Waals surface area (Å²) in [5.74, 6) is 5.30. The van der Waals surface area contributed by atoms with E-state index in [0.717, 1.165) is 31.4 Å². The smallest absolute Gasteiger partial charge is 0.382 e. The number of aromatic nitrogens is 1. The number of fused-ring (bicyclic) bond motifs is 1. The van der Waals surface area contributed by atoms with E-state index in [0.29, 0.717) is 22.2 Å². The van der Waals surface area contributed by atoms with Crippen LogP contribution in [0.5, 0.6) is 0 Å². The van der Waals surface area contributed by atoms with Gasteiger partial charge in [0, 0.05) is 48.4 Å². The first-order valence-corrected chi connectivity index (χ1v) is 12.6. The van der Waals surface area contributed by atoms with Crippen LogP contribution < -0.4 is 16.0 Å². The van der Waals surface area contributed by atoms with E-state index in [1.54, 1.807) is 54.4 Å². The number of methoxy groups -OCH3 is 1. The molecule has 0 aliphatic heterocycles. The van der Waals surface area contributed by atoms with Gasteiger partial charge < -0.3 is 25.3 Å². The molecule has 1 aliphatic rings. The van der Waals surface area contributed by atoms with E-state index in [-0.39, 0.29) is 17.7 Å². The van der Waals surface area contributed by atoms with Crippen LogP contribution in [0.3, 0.4) is 0 Å². The molecule has 0 bridgehead atoms. The minimum atomic E-state index is -4.45. The van der Waals surface area contributed by atoms with Crippen molar-refractivity contribution in [3.05, 3.63) is 59.8 Å². The lowest BCUT2D eigenvalue weighted by atomic mass is 9.87. The molecule has 4 rings (SSSR count). The SMILES string of the molecule is COC(C#Cc1cc2c(NC3CCC(C#N)CC3)cccc2n1CC(F)(F)F)N(C)c1cccc(C(N)=O)c1. The summed E-state index contributed by atoms with van der Waals surface area (Å²) in [5.41, 5.74) is 7.67. The molecular weight excluding hydrogens is 507 g/mol. The fourth-order valence-electron chi connectivity index (χ4n) is 4.91. The van der Waals surface area contributed by atoms with Crippen molar-refractivity contribution in [3.63, 3.8) is 0 Å². The molecule has 1 atom stereocenters. The first-order valence-electron chi connectivity index (χ1n) is 12.6. The summed E-state index contributed by atoms with van der Waals surface area (Å²) in [6.07, 6.45) is -2.02. The maximum Gasteiger partial charge on any atom is 0.406 e. The van der Waals surface area contributed by atoms with Gasteiger partial charge >= 0.3 is 6.18 Å². The third-order valence-electron chi connectivity index (χ3n) is 6.99. The maximum atomic E-state index is 13.6. The van der Waals surface area contributed by atoms with Crippen LogP contribution >= 0.6 is 0 Å². The largest absolute Gasteiger partial charge is 0.406 e. The quantitative estimate of drug-likeness (QED) is 0.317. The minimum absolute atomic E-state index is 0.0544. The fraction of sp³-hybridized carbons (Fsp3) is 0.379. The zero-order valence-corrected chi connectivity index (χ0v) is 21.8. The van der Waals surface area contributed by atoms with Crippen LogP contribution in [0, 0.1) is 29.1 Å². The normalized spacial score (nSPS) is 18.1. The van der Waals surface area contributed by atoms with Crippen molar-refractivity contribution in [2.45, 2.75) is 50.7 Å². The van der Waals surface area contributed by atoms with Gasteiger partial charge in [-0.3, -0.25) is 4.79 Å². The number of nitrogens with zero attached hydrogens (tertiary/aromatic N) is 3. The Morgan fingerprint density at radius 1 is 1.21 bits per heavy atom. The monoisotopic (exact) mass is 537 g/mol. The van der Waals surface area contributed by atoms with Gasteiger partial charge in [0.2, 0.25) is 5.91 Å². The zero-order valence-electron chi connectivity index (χ0n) is 21.8. The molecule has 39 heavy (non-hydrogen) atoms. The Morgan fingerprint density at radius 2 is 1.92 bits per heavy atom. The van der Waals surface area contributed by atoms with Crippen LogP contribution in [0.4, 0.5) is 24.5 Å². The third kappa shape index (κ3) is 6.65. The molecule has 0 radical (unpaired) electrons. The number of carbonyl (C=O) groups is 1. The number of carbonyl (C=O) groups excluding carboxylic acids is 1. The van der Waals surface area contributed by atoms with E-state index < -0.39 is 24.9 Å². The van der Waals surface area contributed by atoms with Crippen molar-refractivity contribution in [2.24, 2.45) is 11.7 Å². The molecule has 1 amide bonds. The van der Waals surface area contributed by atoms with Gasteiger partial charge in [-0.25, -0.2) is 0 Å². The van der Waals surface area contributed by atoms with Crippen LogP contribution in [0.2, 0.25) is 0 Å². The number of hydrogen-bond acceptors (Lipinski definition) is 5. The first kappa shape index (κ1) is 27.9. The topological polar surface area (TPSA) is 96.3 Å². The van der Waals surface area contributed by atoms with Crippen LogP contribution in [0.25, 0.3) is 10.9 Å². The highest BCUT2D eigenvalue weighted by molar-refractivity contribution is 5.94. The molecule has 3 aromatic rings. The number of primary amides is 1. The van der Waals surface area contributed by atoms with Crippen LogP contribution in [0.1, 0.15) is 41.7 Å². The molecule has 1 aromatic heterocycles. The predicted molar refractivity (Wildman–Crippen MR) is 144 cm³/mol. The number of anilines is 2. The zero-order chi connectivity index (χ0) is 28.2. The molecule has 1 aliphatic carbocycles. The number of alkyl halides is 3. The molecule has 1 saturated carbocycles. The van der Waals surface area contributed by atoms with Gasteiger partial charge in [-0.2, -0.15) is 18.4 Å². The Balaban J connectivity index is 1.68. The van der Waals surface area contributed by atoms with Crippen LogP contribution in [0.15, 0.2) is 48.5 Å². The number of halogens is 3. The number of hydrogen-bond donors (Lipinski definition) is 2. The molecular formula is C29H30F3N5O2. The Hall–Kier alpha value is -4.15. The summed E-state index contributed by atoms with van der Waals surface area (Å²) < 4.78 is 47.5. The lowest BCUT2D eigenvalue weighted by Gasteiger charge is -2.26. The minimum Gasteiger partial charge on any atom is -0.382 e. The Labute approximate surface area is 225 Å². The number of ether oxygens (including phenoxy) is 1. The van der Waals surface area contributed by atoms with E-state index in [1.165, 1.54) is 11.7 Å². The fourth-order valence-corrected chi connectivity index (χ4v) is 4.91. The highest BCUT2D eigenvalue weighted by Crippen LogP contribution is 2.33. The van der Waals surface area contributed by atoms with Crippen molar-refractivity contribution >= 4 is 28.2 Å². The molecule has 0 saturated heterocycles. The second-order valence-electron chi connectivity index (χ2n) is 9.67. The summed E-state index contributed by atoms with van der Waals surface area (Å²) in [6.45, 7) is -1.19. The van der Waals surface area contributed by atoms with Crippen molar-refractivity contribution in [3.8, 4) is 17.9 Å². The summed E-state index contributed by atoms with van der Waals surface area (Å²) in [4.78, 5) is 13.2. The van der Waals surface area contributed by atoms with Gasteiger partial charge in [-0.15, -0.1) is 0 Å². The van der Waals surface area contributed by atoms with Crippen LogP contribution in [-0.2, 0) is 11.3 Å². The molecule has 0 spiro atoms. The van der Waals surface area contributed by atoms with Gasteiger partial charge in [0.1, 0.15) is 6.54 Å². The number of nitrogens with two attached hydrogens (primary N) is 1. The number of nitrogens with one attached hydrogen (secondary N) is 1. The standard InChI is InChI=1S/C29H30F3N5O2/c1-36(22-6-3-5-20(15-22)28(34)38)27(39-2)14-13-23-16-24-25(35-21-11-9-19(17-33)10-12-21)7-4-8-26(24)37(23)18-29(30,31)32/h3-8,15-16,19,21,27,35H,9-12,18H2,1-2H3,(H2,34,38).